The highest BCUT2D eigenvalue weighted by molar-refractivity contribution is 9.10. The van der Waals surface area contributed by atoms with Gasteiger partial charge in [-0.05, 0) is 15.9 Å². The first-order chi connectivity index (χ1) is 6.24. The van der Waals surface area contributed by atoms with Crippen LogP contribution in [0.25, 0.3) is 0 Å². The van der Waals surface area contributed by atoms with Crippen LogP contribution in [0.15, 0.2) is 10.5 Å². The van der Waals surface area contributed by atoms with Gasteiger partial charge in [0.1, 0.15) is 0 Å². The normalized spacial score (nSPS) is 13.1. The van der Waals surface area contributed by atoms with Crippen LogP contribution in [-0.4, -0.2) is 13.1 Å². The lowest BCUT2D eigenvalue weighted by Crippen LogP contribution is -1.95. The second-order valence-electron chi connectivity index (χ2n) is 2.44. The molecule has 0 N–H and O–H groups in total. The highest BCUT2D eigenvalue weighted by Gasteiger charge is 2.23. The molecule has 1 aliphatic rings. The number of ether oxygens (including phenoxy) is 2. The standard InChI is InChI=1S/C8H4BrFO3/c9-5-1-6-8(13-3-12-6)4(2-11)7(5)10/h1-2H,3H2. The molecule has 0 bridgehead atoms. The van der Waals surface area contributed by atoms with Crippen molar-refractivity contribution >= 4 is 22.2 Å². The average molecular weight is 247 g/mol. The molecule has 1 heterocycles. The highest BCUT2D eigenvalue weighted by atomic mass is 79.9. The molecule has 0 aliphatic carbocycles. The van der Waals surface area contributed by atoms with E-state index in [9.17, 15) is 9.18 Å². The molecule has 13 heavy (non-hydrogen) atoms. The first kappa shape index (κ1) is 8.50. The molecular formula is C8H4BrFO3. The van der Waals surface area contributed by atoms with Crippen molar-refractivity contribution in [1.82, 2.24) is 0 Å². The average Bonchev–Trinajstić information content (AvgIpc) is 2.54. The van der Waals surface area contributed by atoms with Crippen LogP contribution < -0.4 is 9.47 Å². The van der Waals surface area contributed by atoms with Crippen LogP contribution in [0.4, 0.5) is 4.39 Å². The minimum Gasteiger partial charge on any atom is -0.454 e. The maximum atomic E-state index is 13.2. The lowest BCUT2D eigenvalue weighted by molar-refractivity contribution is 0.111. The fraction of sp³-hybridized carbons (Fsp3) is 0.125. The molecule has 0 fully saturated rings. The van der Waals surface area contributed by atoms with Crippen molar-refractivity contribution in [3.63, 3.8) is 0 Å². The van der Waals surface area contributed by atoms with E-state index >= 15 is 0 Å². The van der Waals surface area contributed by atoms with E-state index in [2.05, 4.69) is 15.9 Å². The lowest BCUT2D eigenvalue weighted by atomic mass is 10.2. The Balaban J connectivity index is 2.71. The smallest absolute Gasteiger partial charge is 0.231 e. The molecule has 0 spiro atoms. The zero-order chi connectivity index (χ0) is 9.42. The Labute approximate surface area is 81.6 Å². The summed E-state index contributed by atoms with van der Waals surface area (Å²) in [7, 11) is 0. The van der Waals surface area contributed by atoms with Gasteiger partial charge >= 0.3 is 0 Å². The van der Waals surface area contributed by atoms with Crippen LogP contribution in [0.1, 0.15) is 10.4 Å². The van der Waals surface area contributed by atoms with Crippen LogP contribution in [-0.2, 0) is 0 Å². The second-order valence-corrected chi connectivity index (χ2v) is 3.29. The van der Waals surface area contributed by atoms with E-state index in [0.29, 0.717) is 12.0 Å². The van der Waals surface area contributed by atoms with Gasteiger partial charge in [0.25, 0.3) is 0 Å². The van der Waals surface area contributed by atoms with Crippen molar-refractivity contribution in [2.45, 2.75) is 0 Å². The fourth-order valence-electron chi connectivity index (χ4n) is 1.12. The number of fused-ring (bicyclic) bond motifs is 1. The van der Waals surface area contributed by atoms with Crippen LogP contribution in [0.2, 0.25) is 0 Å². The lowest BCUT2D eigenvalue weighted by Gasteiger charge is -2.02. The minimum atomic E-state index is -0.626. The van der Waals surface area contributed by atoms with Gasteiger partial charge in [0, 0.05) is 6.07 Å². The van der Waals surface area contributed by atoms with Gasteiger partial charge in [-0.2, -0.15) is 0 Å². The summed E-state index contributed by atoms with van der Waals surface area (Å²) < 4.78 is 23.4. The van der Waals surface area contributed by atoms with Gasteiger partial charge in [-0.1, -0.05) is 0 Å². The molecule has 2 rings (SSSR count). The highest BCUT2D eigenvalue weighted by Crippen LogP contribution is 2.39. The Bertz CT molecular complexity index is 378. The Hall–Kier alpha value is -1.10. The summed E-state index contributed by atoms with van der Waals surface area (Å²) in [5, 5.41) is 0. The van der Waals surface area contributed by atoms with E-state index in [0.717, 1.165) is 0 Å². The molecule has 68 valence electrons. The van der Waals surface area contributed by atoms with E-state index in [4.69, 9.17) is 9.47 Å². The van der Waals surface area contributed by atoms with Crippen molar-refractivity contribution in [3.05, 3.63) is 21.9 Å². The molecule has 0 atom stereocenters. The second kappa shape index (κ2) is 2.99. The van der Waals surface area contributed by atoms with E-state index in [1.807, 2.05) is 0 Å². The number of benzene rings is 1. The van der Waals surface area contributed by atoms with E-state index in [1.165, 1.54) is 6.07 Å². The first-order valence-electron chi connectivity index (χ1n) is 3.47. The quantitative estimate of drug-likeness (QED) is 0.713. The molecule has 0 amide bonds. The van der Waals surface area contributed by atoms with Gasteiger partial charge in [-0.25, -0.2) is 4.39 Å². The Kier molecular flexibility index (Phi) is 1.95. The molecule has 0 aromatic heterocycles. The molecule has 0 unspecified atom stereocenters. The Morgan fingerprint density at radius 1 is 1.54 bits per heavy atom. The number of halogens is 2. The summed E-state index contributed by atoms with van der Waals surface area (Å²) in [6.45, 7) is 0.0199. The van der Waals surface area contributed by atoms with E-state index < -0.39 is 5.82 Å². The zero-order valence-electron chi connectivity index (χ0n) is 6.34. The number of hydrogen-bond donors (Lipinski definition) is 0. The van der Waals surface area contributed by atoms with Gasteiger partial charge in [0.05, 0.1) is 10.0 Å². The van der Waals surface area contributed by atoms with Gasteiger partial charge < -0.3 is 9.47 Å². The van der Waals surface area contributed by atoms with Crippen molar-refractivity contribution in [3.8, 4) is 11.5 Å². The molecule has 0 saturated heterocycles. The van der Waals surface area contributed by atoms with Crippen LogP contribution in [0, 0.1) is 5.82 Å². The summed E-state index contributed by atoms with van der Waals surface area (Å²) >= 11 is 2.97. The Morgan fingerprint density at radius 3 is 3.00 bits per heavy atom. The van der Waals surface area contributed by atoms with Gasteiger partial charge in [0.15, 0.2) is 23.6 Å². The molecule has 5 heteroatoms. The van der Waals surface area contributed by atoms with Crippen molar-refractivity contribution in [2.24, 2.45) is 0 Å². The van der Waals surface area contributed by atoms with Gasteiger partial charge in [-0.3, -0.25) is 4.79 Å². The number of carbonyl (C=O) groups is 1. The van der Waals surface area contributed by atoms with Crippen LogP contribution in [0.3, 0.4) is 0 Å². The summed E-state index contributed by atoms with van der Waals surface area (Å²) in [6, 6.07) is 1.44. The monoisotopic (exact) mass is 246 g/mol. The molecule has 0 radical (unpaired) electrons. The Morgan fingerprint density at radius 2 is 2.31 bits per heavy atom. The number of aldehydes is 1. The van der Waals surface area contributed by atoms with Crippen molar-refractivity contribution < 1.29 is 18.7 Å². The first-order valence-corrected chi connectivity index (χ1v) is 4.26. The van der Waals surface area contributed by atoms with Crippen molar-refractivity contribution in [1.29, 1.82) is 0 Å². The zero-order valence-corrected chi connectivity index (χ0v) is 7.93. The SMILES string of the molecule is O=Cc1c(F)c(Br)cc2c1OCO2. The topological polar surface area (TPSA) is 35.5 Å². The molecular weight excluding hydrogens is 243 g/mol. The number of hydrogen-bond acceptors (Lipinski definition) is 3. The fourth-order valence-corrected chi connectivity index (χ4v) is 1.54. The maximum Gasteiger partial charge on any atom is 0.231 e. The molecule has 1 aliphatic heterocycles. The molecule has 1 aromatic carbocycles. The van der Waals surface area contributed by atoms with E-state index in [-0.39, 0.29) is 22.6 Å². The number of carbonyl (C=O) groups excluding carboxylic acids is 1. The van der Waals surface area contributed by atoms with Crippen molar-refractivity contribution in [2.75, 3.05) is 6.79 Å². The summed E-state index contributed by atoms with van der Waals surface area (Å²) in [6.07, 6.45) is 0.410. The summed E-state index contributed by atoms with van der Waals surface area (Å²) in [4.78, 5) is 10.5. The minimum absolute atomic E-state index is 0.0199. The van der Waals surface area contributed by atoms with Crippen LogP contribution in [0.5, 0.6) is 11.5 Å². The molecule has 0 saturated carbocycles. The predicted octanol–water partition coefficient (Wildman–Crippen LogP) is 2.13. The van der Waals surface area contributed by atoms with Gasteiger partial charge in [-0.15, -0.1) is 0 Å². The predicted molar refractivity (Wildman–Crippen MR) is 45.6 cm³/mol. The third-order valence-electron chi connectivity index (χ3n) is 1.71. The maximum absolute atomic E-state index is 13.2. The van der Waals surface area contributed by atoms with E-state index in [1.54, 1.807) is 0 Å². The summed E-state index contributed by atoms with van der Waals surface area (Å²) in [5.74, 6) is -0.0645. The third-order valence-corrected chi connectivity index (χ3v) is 2.28. The van der Waals surface area contributed by atoms with Gasteiger partial charge in [0.2, 0.25) is 6.79 Å². The largest absolute Gasteiger partial charge is 0.454 e. The summed E-state index contributed by atoms with van der Waals surface area (Å²) in [5.41, 5.74) is -0.109. The molecule has 1 aromatic rings. The third kappa shape index (κ3) is 1.19. The van der Waals surface area contributed by atoms with Crippen LogP contribution >= 0.6 is 15.9 Å². The number of rotatable bonds is 1. The molecule has 3 nitrogen and oxygen atoms in total.